The molecule has 1 N–H and O–H groups in total. The molecule has 14 heavy (non-hydrogen) atoms. The summed E-state index contributed by atoms with van der Waals surface area (Å²) in [4.78, 5) is 10.3. The molecule has 0 saturated heterocycles. The summed E-state index contributed by atoms with van der Waals surface area (Å²) in [6, 6.07) is 11.6. The van der Waals surface area contributed by atoms with Crippen LogP contribution in [0, 0.1) is 0 Å². The van der Waals surface area contributed by atoms with E-state index < -0.39 is 0 Å². The Hall–Kier alpha value is -2.03. The van der Waals surface area contributed by atoms with E-state index in [9.17, 15) is 4.79 Å². The van der Waals surface area contributed by atoms with Crippen LogP contribution in [0.15, 0.2) is 48.8 Å². The van der Waals surface area contributed by atoms with Crippen molar-refractivity contribution in [2.45, 2.75) is 0 Å². The van der Waals surface area contributed by atoms with Crippen molar-refractivity contribution in [3.63, 3.8) is 0 Å². The Kier molecular flexibility index (Phi) is 2.32. The van der Waals surface area contributed by atoms with Crippen molar-refractivity contribution >= 4 is 12.1 Å². The quantitative estimate of drug-likeness (QED) is 0.731. The SMILES string of the molecule is O=CNc1cccc(-n2cccc2)c1. The molecule has 0 aliphatic carbocycles. The van der Waals surface area contributed by atoms with E-state index in [0.717, 1.165) is 11.4 Å². The molecule has 0 radical (unpaired) electrons. The van der Waals surface area contributed by atoms with Crippen molar-refractivity contribution in [2.75, 3.05) is 5.32 Å². The molecule has 2 aromatic rings. The molecule has 0 bridgehead atoms. The third-order valence-corrected chi connectivity index (χ3v) is 1.97. The summed E-state index contributed by atoms with van der Waals surface area (Å²) in [6.45, 7) is 0. The number of anilines is 1. The van der Waals surface area contributed by atoms with E-state index in [0.29, 0.717) is 6.41 Å². The molecule has 0 fully saturated rings. The highest BCUT2D eigenvalue weighted by Gasteiger charge is 1.95. The minimum atomic E-state index is 0.675. The largest absolute Gasteiger partial charge is 0.329 e. The van der Waals surface area contributed by atoms with E-state index in [-0.39, 0.29) is 0 Å². The van der Waals surface area contributed by atoms with Gasteiger partial charge in [-0.05, 0) is 30.3 Å². The molecule has 3 heteroatoms. The van der Waals surface area contributed by atoms with Crippen LogP contribution in [0.4, 0.5) is 5.69 Å². The zero-order valence-corrected chi connectivity index (χ0v) is 7.55. The van der Waals surface area contributed by atoms with Gasteiger partial charge in [-0.3, -0.25) is 4.79 Å². The van der Waals surface area contributed by atoms with Gasteiger partial charge < -0.3 is 9.88 Å². The minimum absolute atomic E-state index is 0.675. The average molecular weight is 186 g/mol. The lowest BCUT2D eigenvalue weighted by atomic mass is 10.3. The van der Waals surface area contributed by atoms with Crippen LogP contribution in [0.3, 0.4) is 0 Å². The lowest BCUT2D eigenvalue weighted by molar-refractivity contribution is -0.105. The molecule has 0 spiro atoms. The number of aromatic nitrogens is 1. The Bertz CT molecular complexity index is 421. The molecular weight excluding hydrogens is 176 g/mol. The van der Waals surface area contributed by atoms with Crippen LogP contribution >= 0.6 is 0 Å². The fourth-order valence-electron chi connectivity index (χ4n) is 1.33. The van der Waals surface area contributed by atoms with Crippen molar-refractivity contribution in [3.05, 3.63) is 48.8 Å². The lowest BCUT2D eigenvalue weighted by Crippen LogP contribution is -1.95. The van der Waals surface area contributed by atoms with Crippen molar-refractivity contribution in [1.29, 1.82) is 0 Å². The van der Waals surface area contributed by atoms with Gasteiger partial charge in [-0.1, -0.05) is 6.07 Å². The monoisotopic (exact) mass is 186 g/mol. The topological polar surface area (TPSA) is 34.0 Å². The smallest absolute Gasteiger partial charge is 0.211 e. The number of benzene rings is 1. The molecule has 0 unspecified atom stereocenters. The Morgan fingerprint density at radius 3 is 2.64 bits per heavy atom. The summed E-state index contributed by atoms with van der Waals surface area (Å²) < 4.78 is 1.98. The van der Waals surface area contributed by atoms with Crippen LogP contribution in [0.1, 0.15) is 0 Å². The van der Waals surface area contributed by atoms with E-state index in [4.69, 9.17) is 0 Å². The molecule has 1 heterocycles. The maximum atomic E-state index is 10.3. The summed E-state index contributed by atoms with van der Waals surface area (Å²) in [5.41, 5.74) is 1.83. The van der Waals surface area contributed by atoms with Gasteiger partial charge in [0.25, 0.3) is 0 Å². The van der Waals surface area contributed by atoms with Crippen molar-refractivity contribution in [2.24, 2.45) is 0 Å². The minimum Gasteiger partial charge on any atom is -0.329 e. The third-order valence-electron chi connectivity index (χ3n) is 1.97. The van der Waals surface area contributed by atoms with Crippen LogP contribution in [-0.2, 0) is 4.79 Å². The zero-order chi connectivity index (χ0) is 9.80. The first-order valence-corrected chi connectivity index (χ1v) is 4.34. The van der Waals surface area contributed by atoms with Gasteiger partial charge in [0.2, 0.25) is 6.41 Å². The first kappa shape index (κ1) is 8.56. The number of hydrogen-bond acceptors (Lipinski definition) is 1. The summed E-state index contributed by atoms with van der Waals surface area (Å²) >= 11 is 0. The number of carbonyl (C=O) groups excluding carboxylic acids is 1. The summed E-state index contributed by atoms with van der Waals surface area (Å²) in [5.74, 6) is 0. The highest BCUT2D eigenvalue weighted by Crippen LogP contribution is 2.13. The van der Waals surface area contributed by atoms with Crippen LogP contribution in [0.2, 0.25) is 0 Å². The van der Waals surface area contributed by atoms with Gasteiger partial charge in [0, 0.05) is 23.8 Å². The van der Waals surface area contributed by atoms with Crippen LogP contribution < -0.4 is 5.32 Å². The van der Waals surface area contributed by atoms with E-state index >= 15 is 0 Å². The first-order chi connectivity index (χ1) is 6.90. The van der Waals surface area contributed by atoms with E-state index in [1.165, 1.54) is 0 Å². The number of carbonyl (C=O) groups is 1. The van der Waals surface area contributed by atoms with Gasteiger partial charge in [-0.2, -0.15) is 0 Å². The standard InChI is InChI=1S/C11H10N2O/c14-9-12-10-4-3-5-11(8-10)13-6-1-2-7-13/h1-9H,(H,12,14). The maximum Gasteiger partial charge on any atom is 0.211 e. The summed E-state index contributed by atoms with van der Waals surface area (Å²) in [5, 5.41) is 2.62. The fourth-order valence-corrected chi connectivity index (χ4v) is 1.33. The number of nitrogens with one attached hydrogen (secondary N) is 1. The first-order valence-electron chi connectivity index (χ1n) is 4.34. The van der Waals surface area contributed by atoms with E-state index in [1.807, 2.05) is 53.4 Å². The molecule has 0 aliphatic heterocycles. The van der Waals surface area contributed by atoms with Gasteiger partial charge in [0.15, 0.2) is 0 Å². The van der Waals surface area contributed by atoms with Gasteiger partial charge in [0.1, 0.15) is 0 Å². The molecule has 0 aliphatic rings. The normalized spacial score (nSPS) is 9.71. The fraction of sp³-hybridized carbons (Fsp3) is 0. The number of amides is 1. The Morgan fingerprint density at radius 2 is 1.93 bits per heavy atom. The van der Waals surface area contributed by atoms with Crippen molar-refractivity contribution in [3.8, 4) is 5.69 Å². The lowest BCUT2D eigenvalue weighted by Gasteiger charge is -2.04. The van der Waals surface area contributed by atoms with Crippen molar-refractivity contribution in [1.82, 2.24) is 4.57 Å². The van der Waals surface area contributed by atoms with Gasteiger partial charge in [-0.15, -0.1) is 0 Å². The predicted octanol–water partition coefficient (Wildman–Crippen LogP) is 2.05. The van der Waals surface area contributed by atoms with Crippen LogP contribution in [0.5, 0.6) is 0 Å². The number of nitrogens with zero attached hydrogens (tertiary/aromatic N) is 1. The molecule has 70 valence electrons. The molecule has 1 amide bonds. The van der Waals surface area contributed by atoms with Crippen molar-refractivity contribution < 1.29 is 4.79 Å². The van der Waals surface area contributed by atoms with E-state index in [2.05, 4.69) is 5.32 Å². The van der Waals surface area contributed by atoms with Crippen LogP contribution in [0.25, 0.3) is 5.69 Å². The highest BCUT2D eigenvalue weighted by molar-refractivity contribution is 5.72. The highest BCUT2D eigenvalue weighted by atomic mass is 16.1. The molecule has 3 nitrogen and oxygen atoms in total. The second-order valence-corrected chi connectivity index (χ2v) is 2.90. The Morgan fingerprint density at radius 1 is 1.14 bits per heavy atom. The molecule has 1 aromatic heterocycles. The molecule has 0 saturated carbocycles. The number of hydrogen-bond donors (Lipinski definition) is 1. The average Bonchev–Trinajstić information content (AvgIpc) is 2.71. The second kappa shape index (κ2) is 3.79. The molecular formula is C11H10N2O. The van der Waals surface area contributed by atoms with Gasteiger partial charge >= 0.3 is 0 Å². The third kappa shape index (κ3) is 1.66. The predicted molar refractivity (Wildman–Crippen MR) is 55.5 cm³/mol. The van der Waals surface area contributed by atoms with Gasteiger partial charge in [0.05, 0.1) is 0 Å². The summed E-state index contributed by atoms with van der Waals surface area (Å²) in [6.07, 6.45) is 4.59. The Labute approximate surface area is 82.0 Å². The summed E-state index contributed by atoms with van der Waals surface area (Å²) in [7, 11) is 0. The molecule has 0 atom stereocenters. The Balaban J connectivity index is 2.35. The van der Waals surface area contributed by atoms with Gasteiger partial charge in [-0.25, -0.2) is 0 Å². The maximum absolute atomic E-state index is 10.3. The molecule has 1 aromatic carbocycles. The second-order valence-electron chi connectivity index (χ2n) is 2.90. The van der Waals surface area contributed by atoms with Crippen LogP contribution in [-0.4, -0.2) is 11.0 Å². The number of rotatable bonds is 3. The molecule has 2 rings (SSSR count). The van der Waals surface area contributed by atoms with E-state index in [1.54, 1.807) is 0 Å². The zero-order valence-electron chi connectivity index (χ0n) is 7.55.